The standard InChI is InChI=1S/C15H24ClN3O2S/c1-6-7-8-15(3,4)22-14-11(12(16)17-19(14)5)13-18-20-9-10(2)21-13/h10H,6-9H2,1-5H3. The molecule has 22 heavy (non-hydrogen) atoms. The summed E-state index contributed by atoms with van der Waals surface area (Å²) in [6.45, 7) is 9.07. The SMILES string of the molecule is CCCCC(C)(C)Sc1c(C2=NOCC(C)O2)c(Cl)nn1C. The Balaban J connectivity index is 2.30. The molecule has 2 heterocycles. The first-order chi connectivity index (χ1) is 10.3. The summed E-state index contributed by atoms with van der Waals surface area (Å²) in [7, 11) is 1.89. The van der Waals surface area contributed by atoms with E-state index in [9.17, 15) is 0 Å². The molecule has 1 aliphatic heterocycles. The maximum absolute atomic E-state index is 6.30. The molecule has 1 aliphatic rings. The van der Waals surface area contributed by atoms with Crippen molar-refractivity contribution >= 4 is 29.3 Å². The molecule has 1 aromatic heterocycles. The van der Waals surface area contributed by atoms with Gasteiger partial charge in [-0.15, -0.1) is 0 Å². The maximum Gasteiger partial charge on any atom is 0.263 e. The Morgan fingerprint density at radius 3 is 2.82 bits per heavy atom. The second kappa shape index (κ2) is 7.13. The Bertz CT molecular complexity index is 557. The number of aromatic nitrogens is 2. The molecular weight excluding hydrogens is 322 g/mol. The molecule has 7 heteroatoms. The van der Waals surface area contributed by atoms with Gasteiger partial charge in [0, 0.05) is 11.8 Å². The lowest BCUT2D eigenvalue weighted by Crippen LogP contribution is -2.26. The molecule has 1 atom stereocenters. The number of thioether (sulfide) groups is 1. The third kappa shape index (κ3) is 4.10. The molecule has 0 N–H and O–H groups in total. The van der Waals surface area contributed by atoms with Crippen molar-refractivity contribution in [3.8, 4) is 0 Å². The van der Waals surface area contributed by atoms with Gasteiger partial charge in [0.05, 0.1) is 0 Å². The van der Waals surface area contributed by atoms with E-state index in [1.807, 2.05) is 14.0 Å². The highest BCUT2D eigenvalue weighted by Gasteiger charge is 2.30. The van der Waals surface area contributed by atoms with E-state index in [1.54, 1.807) is 16.4 Å². The lowest BCUT2D eigenvalue weighted by atomic mass is 10.1. The molecule has 0 bridgehead atoms. The van der Waals surface area contributed by atoms with Crippen LogP contribution >= 0.6 is 23.4 Å². The molecular formula is C15H24ClN3O2S. The Kier molecular flexibility index (Phi) is 5.66. The van der Waals surface area contributed by atoms with E-state index < -0.39 is 0 Å². The highest BCUT2D eigenvalue weighted by Crippen LogP contribution is 2.40. The summed E-state index contributed by atoms with van der Waals surface area (Å²) in [5.74, 6) is 0.422. The average molecular weight is 346 g/mol. The fourth-order valence-corrected chi connectivity index (χ4v) is 3.81. The van der Waals surface area contributed by atoms with Gasteiger partial charge in [-0.25, -0.2) is 0 Å². The van der Waals surface area contributed by atoms with Crippen molar-refractivity contribution in [2.75, 3.05) is 6.61 Å². The summed E-state index contributed by atoms with van der Waals surface area (Å²) in [5.41, 5.74) is 0.727. The van der Waals surface area contributed by atoms with E-state index in [1.165, 1.54) is 12.8 Å². The van der Waals surface area contributed by atoms with E-state index in [0.29, 0.717) is 17.7 Å². The monoisotopic (exact) mass is 345 g/mol. The number of hydrogen-bond donors (Lipinski definition) is 0. The Morgan fingerprint density at radius 1 is 1.45 bits per heavy atom. The zero-order chi connectivity index (χ0) is 16.3. The van der Waals surface area contributed by atoms with Gasteiger partial charge in [-0.2, -0.15) is 5.10 Å². The molecule has 1 unspecified atom stereocenters. The molecule has 124 valence electrons. The van der Waals surface area contributed by atoms with Crippen LogP contribution in [0.2, 0.25) is 5.15 Å². The molecule has 0 radical (unpaired) electrons. The number of rotatable bonds is 6. The first-order valence-electron chi connectivity index (χ1n) is 7.62. The summed E-state index contributed by atoms with van der Waals surface area (Å²) in [4.78, 5) is 5.22. The number of unbranched alkanes of at least 4 members (excludes halogenated alkanes) is 1. The summed E-state index contributed by atoms with van der Waals surface area (Å²) < 4.78 is 7.66. The zero-order valence-corrected chi connectivity index (χ0v) is 15.4. The van der Waals surface area contributed by atoms with Crippen molar-refractivity contribution in [3.63, 3.8) is 0 Å². The van der Waals surface area contributed by atoms with Crippen LogP contribution in [0.5, 0.6) is 0 Å². The predicted molar refractivity (Wildman–Crippen MR) is 90.7 cm³/mol. The minimum Gasteiger partial charge on any atom is -0.468 e. The molecule has 5 nitrogen and oxygen atoms in total. The van der Waals surface area contributed by atoms with Gasteiger partial charge in [-0.05, 0) is 18.5 Å². The van der Waals surface area contributed by atoms with Gasteiger partial charge in [-0.1, -0.05) is 57.0 Å². The van der Waals surface area contributed by atoms with Crippen molar-refractivity contribution in [2.24, 2.45) is 12.2 Å². The second-order valence-corrected chi connectivity index (χ2v) is 8.23. The van der Waals surface area contributed by atoms with E-state index in [2.05, 4.69) is 31.0 Å². The Morgan fingerprint density at radius 2 is 2.18 bits per heavy atom. The largest absolute Gasteiger partial charge is 0.468 e. The van der Waals surface area contributed by atoms with Crippen LogP contribution < -0.4 is 0 Å². The van der Waals surface area contributed by atoms with E-state index in [4.69, 9.17) is 21.2 Å². The van der Waals surface area contributed by atoms with Gasteiger partial charge in [0.2, 0.25) is 0 Å². The van der Waals surface area contributed by atoms with Crippen LogP contribution in [0.1, 0.15) is 52.5 Å². The molecule has 0 fully saturated rings. The normalized spacial score (nSPS) is 18.6. The van der Waals surface area contributed by atoms with Crippen LogP contribution in [0.3, 0.4) is 0 Å². The predicted octanol–water partition coefficient (Wildman–Crippen LogP) is 4.23. The van der Waals surface area contributed by atoms with E-state index >= 15 is 0 Å². The lowest BCUT2D eigenvalue weighted by Gasteiger charge is -2.25. The average Bonchev–Trinajstić information content (AvgIpc) is 2.70. The number of ether oxygens (including phenoxy) is 1. The van der Waals surface area contributed by atoms with Crippen molar-refractivity contribution in [1.82, 2.24) is 9.78 Å². The number of hydrogen-bond acceptors (Lipinski definition) is 5. The first-order valence-corrected chi connectivity index (χ1v) is 8.82. The van der Waals surface area contributed by atoms with Gasteiger partial charge >= 0.3 is 0 Å². The quantitative estimate of drug-likeness (QED) is 0.724. The number of oxime groups is 1. The Labute approximate surface area is 141 Å². The van der Waals surface area contributed by atoms with Crippen LogP contribution in [-0.4, -0.2) is 33.1 Å². The molecule has 0 aliphatic carbocycles. The second-order valence-electron chi connectivity index (χ2n) is 6.18. The van der Waals surface area contributed by atoms with Crippen LogP contribution in [0.25, 0.3) is 0 Å². The van der Waals surface area contributed by atoms with Crippen molar-refractivity contribution in [1.29, 1.82) is 0 Å². The van der Waals surface area contributed by atoms with Gasteiger partial charge in [0.25, 0.3) is 5.90 Å². The molecule has 0 amide bonds. The van der Waals surface area contributed by atoms with Crippen LogP contribution in [0.15, 0.2) is 10.2 Å². The van der Waals surface area contributed by atoms with Gasteiger partial charge < -0.3 is 9.57 Å². The molecule has 0 aromatic carbocycles. The van der Waals surface area contributed by atoms with E-state index in [0.717, 1.165) is 17.0 Å². The minimum atomic E-state index is -0.0466. The highest BCUT2D eigenvalue weighted by atomic mass is 35.5. The molecule has 0 saturated carbocycles. The van der Waals surface area contributed by atoms with Crippen molar-refractivity contribution in [3.05, 3.63) is 10.7 Å². The maximum atomic E-state index is 6.30. The fourth-order valence-electron chi connectivity index (χ4n) is 2.24. The topological polar surface area (TPSA) is 48.6 Å². The number of nitrogens with zero attached hydrogens (tertiary/aromatic N) is 3. The van der Waals surface area contributed by atoms with E-state index in [-0.39, 0.29) is 10.9 Å². The van der Waals surface area contributed by atoms with Gasteiger partial charge in [0.1, 0.15) is 16.7 Å². The van der Waals surface area contributed by atoms with Gasteiger partial charge in [-0.3, -0.25) is 4.68 Å². The minimum absolute atomic E-state index is 0.0466. The third-order valence-corrected chi connectivity index (χ3v) is 5.12. The van der Waals surface area contributed by atoms with Gasteiger partial charge in [0.15, 0.2) is 11.8 Å². The molecule has 1 aromatic rings. The number of halogens is 1. The summed E-state index contributed by atoms with van der Waals surface area (Å²) in [6, 6.07) is 0. The van der Waals surface area contributed by atoms with Crippen LogP contribution in [0, 0.1) is 0 Å². The van der Waals surface area contributed by atoms with Crippen molar-refractivity contribution < 1.29 is 9.57 Å². The first kappa shape index (κ1) is 17.5. The molecule has 2 rings (SSSR count). The summed E-state index contributed by atoms with van der Waals surface area (Å²) in [5, 5.41) is 9.70. The van der Waals surface area contributed by atoms with Crippen LogP contribution in [-0.2, 0) is 16.6 Å². The fraction of sp³-hybridized carbons (Fsp3) is 0.733. The van der Waals surface area contributed by atoms with Crippen molar-refractivity contribution in [2.45, 2.75) is 62.8 Å². The highest BCUT2D eigenvalue weighted by molar-refractivity contribution is 8.00. The Hall–Kier alpha value is -0.880. The zero-order valence-electron chi connectivity index (χ0n) is 13.9. The van der Waals surface area contributed by atoms with Crippen LogP contribution in [0.4, 0.5) is 0 Å². The summed E-state index contributed by atoms with van der Waals surface area (Å²) in [6.07, 6.45) is 3.45. The molecule has 0 spiro atoms. The number of aryl methyl sites for hydroxylation is 1. The smallest absolute Gasteiger partial charge is 0.263 e. The summed E-state index contributed by atoms with van der Waals surface area (Å²) >= 11 is 8.06. The molecule has 0 saturated heterocycles. The lowest BCUT2D eigenvalue weighted by molar-refractivity contribution is 0.0194. The third-order valence-electron chi connectivity index (χ3n) is 3.44.